The first-order valence-corrected chi connectivity index (χ1v) is 7.11. The average Bonchev–Trinajstić information content (AvgIpc) is 2.35. The number of hydrogen-bond donors (Lipinski definition) is 1. The third-order valence-electron chi connectivity index (χ3n) is 2.55. The van der Waals surface area contributed by atoms with Crippen molar-refractivity contribution in [1.29, 1.82) is 0 Å². The van der Waals surface area contributed by atoms with Gasteiger partial charge in [0, 0.05) is 6.07 Å². The molecule has 0 amide bonds. The normalized spacial score (nSPS) is 13.2. The lowest BCUT2D eigenvalue weighted by Gasteiger charge is -2.22. The van der Waals surface area contributed by atoms with Crippen molar-refractivity contribution in [2.24, 2.45) is 5.92 Å². The van der Waals surface area contributed by atoms with Crippen LogP contribution in [0.3, 0.4) is 0 Å². The summed E-state index contributed by atoms with van der Waals surface area (Å²) in [5.41, 5.74) is -0.624. The lowest BCUT2D eigenvalue weighted by atomic mass is 10.1. The minimum Gasteiger partial charge on any atom is -0.548 e. The van der Waals surface area contributed by atoms with E-state index in [4.69, 9.17) is 0 Å². The van der Waals surface area contributed by atoms with Crippen LogP contribution in [0.5, 0.6) is 0 Å². The zero-order chi connectivity index (χ0) is 15.5. The summed E-state index contributed by atoms with van der Waals surface area (Å²) < 4.78 is 26.0. The van der Waals surface area contributed by atoms with Gasteiger partial charge in [0.25, 0.3) is 5.69 Å². The summed E-state index contributed by atoms with van der Waals surface area (Å²) in [5, 5.41) is 21.7. The molecule has 0 aliphatic carbocycles. The molecule has 8 nitrogen and oxygen atoms in total. The van der Waals surface area contributed by atoms with Crippen molar-refractivity contribution in [1.82, 2.24) is 4.72 Å². The average molecular weight is 301 g/mol. The Morgan fingerprint density at radius 3 is 2.30 bits per heavy atom. The fourth-order valence-electron chi connectivity index (χ4n) is 1.52. The number of nitro benzene ring substituents is 1. The number of nitrogens with one attached hydrogen (secondary N) is 1. The first-order chi connectivity index (χ1) is 9.16. The number of para-hydroxylation sites is 1. The van der Waals surface area contributed by atoms with E-state index in [1.54, 1.807) is 0 Å². The number of sulfonamides is 1. The second-order valence-corrected chi connectivity index (χ2v) is 6.07. The van der Waals surface area contributed by atoms with Crippen LogP contribution in [0.15, 0.2) is 29.2 Å². The molecule has 1 rings (SSSR count). The Labute approximate surface area is 115 Å². The Morgan fingerprint density at radius 2 is 1.85 bits per heavy atom. The van der Waals surface area contributed by atoms with Gasteiger partial charge in [0.1, 0.15) is 0 Å². The lowest BCUT2D eigenvalue weighted by molar-refractivity contribution is -0.387. The van der Waals surface area contributed by atoms with Gasteiger partial charge in [-0.15, -0.1) is 0 Å². The molecule has 0 aliphatic heterocycles. The largest absolute Gasteiger partial charge is 0.548 e. The Bertz CT molecular complexity index is 626. The second kappa shape index (κ2) is 5.97. The Balaban J connectivity index is 3.24. The summed E-state index contributed by atoms with van der Waals surface area (Å²) in [5.74, 6) is -2.17. The van der Waals surface area contributed by atoms with E-state index in [1.807, 2.05) is 4.72 Å². The predicted molar refractivity (Wildman–Crippen MR) is 67.1 cm³/mol. The maximum absolute atomic E-state index is 12.1. The lowest BCUT2D eigenvalue weighted by Crippen LogP contribution is -2.50. The van der Waals surface area contributed by atoms with Gasteiger partial charge in [0.2, 0.25) is 10.0 Å². The summed E-state index contributed by atoms with van der Waals surface area (Å²) in [6.45, 7) is 2.98. The van der Waals surface area contributed by atoms with Crippen molar-refractivity contribution in [3.8, 4) is 0 Å². The van der Waals surface area contributed by atoms with E-state index in [9.17, 15) is 28.4 Å². The molecular formula is C11H13N2O6S-. The van der Waals surface area contributed by atoms with Gasteiger partial charge in [0.05, 0.1) is 16.9 Å². The smallest absolute Gasteiger partial charge is 0.289 e. The summed E-state index contributed by atoms with van der Waals surface area (Å²) in [6.07, 6.45) is 0. The summed E-state index contributed by atoms with van der Waals surface area (Å²) in [7, 11) is -4.34. The van der Waals surface area contributed by atoms with Crippen LogP contribution < -0.4 is 9.83 Å². The summed E-state index contributed by atoms with van der Waals surface area (Å²) >= 11 is 0. The quantitative estimate of drug-likeness (QED) is 0.564. The zero-order valence-corrected chi connectivity index (χ0v) is 11.6. The molecule has 0 radical (unpaired) electrons. The van der Waals surface area contributed by atoms with E-state index in [-0.39, 0.29) is 0 Å². The topological polar surface area (TPSA) is 129 Å². The molecule has 0 saturated carbocycles. The number of rotatable bonds is 6. The van der Waals surface area contributed by atoms with Crippen LogP contribution in [0.4, 0.5) is 5.69 Å². The number of carboxylic acid groups (broad SMARTS) is 1. The number of nitro groups is 1. The van der Waals surface area contributed by atoms with Crippen LogP contribution in [0.25, 0.3) is 0 Å². The monoisotopic (exact) mass is 301 g/mol. The van der Waals surface area contributed by atoms with E-state index in [1.165, 1.54) is 26.0 Å². The molecule has 0 heterocycles. The molecule has 0 saturated heterocycles. The molecule has 0 fully saturated rings. The number of aliphatic carboxylic acids is 1. The third-order valence-corrected chi connectivity index (χ3v) is 4.04. The van der Waals surface area contributed by atoms with Gasteiger partial charge in [-0.3, -0.25) is 10.1 Å². The molecule has 20 heavy (non-hydrogen) atoms. The van der Waals surface area contributed by atoms with Crippen molar-refractivity contribution in [3.63, 3.8) is 0 Å². The molecule has 1 aromatic rings. The fourth-order valence-corrected chi connectivity index (χ4v) is 3.03. The SMILES string of the molecule is CC(C)[C@H](NS(=O)(=O)c1ccccc1[N+](=O)[O-])C(=O)[O-]. The highest BCUT2D eigenvalue weighted by Gasteiger charge is 2.29. The zero-order valence-electron chi connectivity index (χ0n) is 10.8. The van der Waals surface area contributed by atoms with Crippen LogP contribution in [0, 0.1) is 16.0 Å². The number of nitrogens with zero attached hydrogens (tertiary/aromatic N) is 1. The molecular weight excluding hydrogens is 288 g/mol. The maximum Gasteiger partial charge on any atom is 0.289 e. The number of hydrogen-bond acceptors (Lipinski definition) is 6. The van der Waals surface area contributed by atoms with Crippen LogP contribution in [-0.2, 0) is 14.8 Å². The Morgan fingerprint density at radius 1 is 1.30 bits per heavy atom. The van der Waals surface area contributed by atoms with Crippen molar-refractivity contribution in [2.75, 3.05) is 0 Å². The molecule has 0 unspecified atom stereocenters. The van der Waals surface area contributed by atoms with Crippen LogP contribution in [-0.4, -0.2) is 25.4 Å². The van der Waals surface area contributed by atoms with E-state index < -0.39 is 43.5 Å². The van der Waals surface area contributed by atoms with E-state index in [2.05, 4.69) is 0 Å². The van der Waals surface area contributed by atoms with Crippen molar-refractivity contribution >= 4 is 21.7 Å². The number of benzene rings is 1. The summed E-state index contributed by atoms with van der Waals surface area (Å²) in [4.78, 5) is 20.3. The second-order valence-electron chi connectivity index (χ2n) is 4.39. The van der Waals surface area contributed by atoms with Gasteiger partial charge < -0.3 is 9.90 Å². The minimum atomic E-state index is -4.34. The Hall–Kier alpha value is -2.00. The molecule has 0 spiro atoms. The molecule has 1 aromatic carbocycles. The van der Waals surface area contributed by atoms with E-state index in [0.29, 0.717) is 0 Å². The van der Waals surface area contributed by atoms with Gasteiger partial charge in [-0.25, -0.2) is 13.1 Å². The highest BCUT2D eigenvalue weighted by Crippen LogP contribution is 2.23. The fraction of sp³-hybridized carbons (Fsp3) is 0.364. The molecule has 1 atom stereocenters. The van der Waals surface area contributed by atoms with Crippen LogP contribution >= 0.6 is 0 Å². The minimum absolute atomic E-state index is 0.572. The molecule has 9 heteroatoms. The molecule has 1 N–H and O–H groups in total. The maximum atomic E-state index is 12.1. The van der Waals surface area contributed by atoms with Gasteiger partial charge in [-0.2, -0.15) is 0 Å². The highest BCUT2D eigenvalue weighted by atomic mass is 32.2. The Kier molecular flexibility index (Phi) is 4.79. The van der Waals surface area contributed by atoms with Crippen LogP contribution in [0.1, 0.15) is 13.8 Å². The molecule has 110 valence electrons. The van der Waals surface area contributed by atoms with Gasteiger partial charge in [-0.1, -0.05) is 26.0 Å². The van der Waals surface area contributed by atoms with E-state index >= 15 is 0 Å². The van der Waals surface area contributed by atoms with Crippen molar-refractivity contribution in [2.45, 2.75) is 24.8 Å². The molecule has 0 aliphatic rings. The van der Waals surface area contributed by atoms with Gasteiger partial charge in [-0.05, 0) is 12.0 Å². The molecule has 0 aromatic heterocycles. The van der Waals surface area contributed by atoms with Gasteiger partial charge in [0.15, 0.2) is 4.90 Å². The first-order valence-electron chi connectivity index (χ1n) is 5.63. The number of carboxylic acids is 1. The number of carbonyl (C=O) groups excluding carboxylic acids is 1. The van der Waals surface area contributed by atoms with Crippen molar-refractivity contribution < 1.29 is 23.2 Å². The standard InChI is InChI=1S/C11H14N2O6S/c1-7(2)10(11(14)15)12-20(18,19)9-6-4-3-5-8(9)13(16)17/h3-7,10,12H,1-2H3,(H,14,15)/p-1/t10-/m0/s1. The molecule has 0 bridgehead atoms. The highest BCUT2D eigenvalue weighted by molar-refractivity contribution is 7.89. The predicted octanol–water partition coefficient (Wildman–Crippen LogP) is -0.352. The van der Waals surface area contributed by atoms with Gasteiger partial charge >= 0.3 is 0 Å². The third kappa shape index (κ3) is 3.52. The van der Waals surface area contributed by atoms with E-state index in [0.717, 1.165) is 12.1 Å². The van der Waals surface area contributed by atoms with Crippen molar-refractivity contribution in [3.05, 3.63) is 34.4 Å². The first kappa shape index (κ1) is 16.1. The van der Waals surface area contributed by atoms with Crippen LogP contribution in [0.2, 0.25) is 0 Å². The number of carbonyl (C=O) groups is 1. The summed E-state index contributed by atoms with van der Waals surface area (Å²) in [6, 6.07) is 3.21.